The molecule has 0 fully saturated rings. The lowest BCUT2D eigenvalue weighted by Crippen LogP contribution is -2.28. The molecule has 0 saturated heterocycles. The van der Waals surface area contributed by atoms with Crippen LogP contribution in [0.1, 0.15) is 6.92 Å². The van der Waals surface area contributed by atoms with Gasteiger partial charge < -0.3 is 9.30 Å². The fraction of sp³-hybridized carbons (Fsp3) is 0.0789. The first-order chi connectivity index (χ1) is 21.2. The van der Waals surface area contributed by atoms with Gasteiger partial charge in [0.2, 0.25) is 6.20 Å². The fourth-order valence-electron chi connectivity index (χ4n) is 6.49. The Hall–Kier alpha value is -5.55. The lowest BCUT2D eigenvalue weighted by atomic mass is 9.92. The summed E-state index contributed by atoms with van der Waals surface area (Å²) in [5.41, 5.74) is 6.99. The van der Waals surface area contributed by atoms with Gasteiger partial charge in [-0.3, -0.25) is 4.79 Å². The summed E-state index contributed by atoms with van der Waals surface area (Å²) in [6.07, 6.45) is 2.03. The van der Waals surface area contributed by atoms with Crippen LogP contribution in [0.25, 0.3) is 71.3 Å². The molecular formula is C38H28N3O2+. The normalized spacial score (nSPS) is 11.7. The number of hydrogen-bond acceptors (Lipinski definition) is 3. The van der Waals surface area contributed by atoms with Gasteiger partial charge in [-0.05, 0) is 44.6 Å². The van der Waals surface area contributed by atoms with Crippen molar-refractivity contribution in [3.63, 3.8) is 0 Å². The number of rotatable bonds is 5. The first kappa shape index (κ1) is 25.2. The lowest BCUT2D eigenvalue weighted by Gasteiger charge is -2.13. The Morgan fingerprint density at radius 2 is 1.33 bits per heavy atom. The molecule has 0 unspecified atom stereocenters. The molecule has 0 atom stereocenters. The number of benzene rings is 5. The molecule has 8 aromatic rings. The summed E-state index contributed by atoms with van der Waals surface area (Å²) in [5.74, 6) is -0.262. The van der Waals surface area contributed by atoms with Crippen LogP contribution in [0.15, 0.2) is 128 Å². The quantitative estimate of drug-likeness (QED) is 0.158. The molecule has 0 N–H and O–H groups in total. The predicted molar refractivity (Wildman–Crippen MR) is 173 cm³/mol. The Morgan fingerprint density at radius 3 is 2.07 bits per heavy atom. The zero-order valence-corrected chi connectivity index (χ0v) is 23.7. The van der Waals surface area contributed by atoms with Crippen LogP contribution in [0.2, 0.25) is 0 Å². The number of para-hydroxylation sites is 1. The van der Waals surface area contributed by atoms with Crippen LogP contribution < -0.4 is 4.52 Å². The maximum atomic E-state index is 12.9. The van der Waals surface area contributed by atoms with E-state index in [0.717, 1.165) is 60.5 Å². The van der Waals surface area contributed by atoms with E-state index in [1.54, 1.807) is 0 Å². The molecular weight excluding hydrogens is 530 g/mol. The molecule has 5 nitrogen and oxygen atoms in total. The highest BCUT2D eigenvalue weighted by Gasteiger charge is 2.25. The molecule has 0 aliphatic carbocycles. The van der Waals surface area contributed by atoms with Gasteiger partial charge >= 0.3 is 5.97 Å². The molecule has 43 heavy (non-hydrogen) atoms. The monoisotopic (exact) mass is 558 g/mol. The number of aromatic nitrogens is 3. The van der Waals surface area contributed by atoms with Crippen LogP contribution in [-0.4, -0.2) is 22.2 Å². The second-order valence-electron chi connectivity index (χ2n) is 10.8. The molecule has 206 valence electrons. The van der Waals surface area contributed by atoms with Gasteiger partial charge in [0.25, 0.3) is 5.52 Å². The summed E-state index contributed by atoms with van der Waals surface area (Å²) in [5, 5.41) is 12.2. The lowest BCUT2D eigenvalue weighted by molar-refractivity contribution is -0.578. The smallest absolute Gasteiger partial charge is 0.325 e. The largest absolute Gasteiger partial charge is 0.465 e. The van der Waals surface area contributed by atoms with Crippen molar-refractivity contribution in [3.05, 3.63) is 128 Å². The average molecular weight is 559 g/mol. The van der Waals surface area contributed by atoms with Gasteiger partial charge in [-0.1, -0.05) is 103 Å². The maximum absolute atomic E-state index is 12.9. The molecule has 5 heteroatoms. The van der Waals surface area contributed by atoms with Gasteiger partial charge in [0.05, 0.1) is 6.61 Å². The Kier molecular flexibility index (Phi) is 5.90. The Bertz CT molecular complexity index is 2360. The zero-order chi connectivity index (χ0) is 28.9. The molecule has 0 bridgehead atoms. The maximum Gasteiger partial charge on any atom is 0.325 e. The third-order valence-corrected chi connectivity index (χ3v) is 8.34. The zero-order valence-electron chi connectivity index (χ0n) is 23.7. The van der Waals surface area contributed by atoms with E-state index in [4.69, 9.17) is 9.84 Å². The van der Waals surface area contributed by atoms with E-state index in [-0.39, 0.29) is 12.5 Å². The van der Waals surface area contributed by atoms with Crippen LogP contribution >= 0.6 is 0 Å². The number of nitrogens with zero attached hydrogens (tertiary/aromatic N) is 3. The van der Waals surface area contributed by atoms with Crippen molar-refractivity contribution in [2.75, 3.05) is 6.61 Å². The third kappa shape index (κ3) is 4.04. The number of hydrogen-bond donors (Lipinski definition) is 0. The molecule has 3 heterocycles. The predicted octanol–water partition coefficient (Wildman–Crippen LogP) is 8.13. The highest BCUT2D eigenvalue weighted by atomic mass is 16.5. The minimum atomic E-state index is -0.262. The van der Waals surface area contributed by atoms with E-state index in [1.807, 2.05) is 29.8 Å². The van der Waals surface area contributed by atoms with Crippen molar-refractivity contribution < 1.29 is 14.0 Å². The van der Waals surface area contributed by atoms with Crippen molar-refractivity contribution >= 4 is 54.8 Å². The number of pyridine rings is 1. The number of carbonyl (C=O) groups excluding carboxylic acids is 1. The van der Waals surface area contributed by atoms with Crippen LogP contribution in [0.4, 0.5) is 0 Å². The van der Waals surface area contributed by atoms with Gasteiger partial charge in [-0.2, -0.15) is 0 Å². The molecule has 0 radical (unpaired) electrons. The van der Waals surface area contributed by atoms with E-state index < -0.39 is 0 Å². The van der Waals surface area contributed by atoms with Gasteiger partial charge in [0, 0.05) is 44.6 Å². The van der Waals surface area contributed by atoms with Crippen molar-refractivity contribution in [1.82, 2.24) is 9.67 Å². The Balaban J connectivity index is 1.52. The van der Waals surface area contributed by atoms with Gasteiger partial charge in [0.15, 0.2) is 0 Å². The number of esters is 1. The second kappa shape index (κ2) is 10.1. The fourth-order valence-corrected chi connectivity index (χ4v) is 6.49. The Morgan fingerprint density at radius 1 is 0.698 bits per heavy atom. The molecule has 3 aromatic heterocycles. The van der Waals surface area contributed by atoms with Gasteiger partial charge in [0.1, 0.15) is 17.8 Å². The van der Waals surface area contributed by atoms with Crippen LogP contribution in [0, 0.1) is 0 Å². The van der Waals surface area contributed by atoms with E-state index >= 15 is 0 Å². The standard InChI is InChI=1S/C38H28N3O2/c1-2-43-36(42)24-40-34-20-8-7-17-30(34)32-21-22-41-35(38(32)40)23-33(29-18-9-13-25-11-3-5-15-27(25)29)37(39-41)31-19-10-14-26-12-4-6-16-28(26)31/h3-23H,2,24H2,1H3/q+1. The van der Waals surface area contributed by atoms with Gasteiger partial charge in [-0.25, -0.2) is 0 Å². The summed E-state index contributed by atoms with van der Waals surface area (Å²) < 4.78 is 9.43. The van der Waals surface area contributed by atoms with Crippen molar-refractivity contribution in [1.29, 1.82) is 0 Å². The first-order valence-corrected chi connectivity index (χ1v) is 14.6. The number of fused-ring (bicyclic) bond motifs is 7. The second-order valence-corrected chi connectivity index (χ2v) is 10.8. The van der Waals surface area contributed by atoms with Crippen LogP contribution in [0.5, 0.6) is 0 Å². The summed E-state index contributed by atoms with van der Waals surface area (Å²) >= 11 is 0. The average Bonchev–Trinajstić information content (AvgIpc) is 3.37. The first-order valence-electron chi connectivity index (χ1n) is 14.6. The van der Waals surface area contributed by atoms with Gasteiger partial charge in [-0.15, -0.1) is 0 Å². The van der Waals surface area contributed by atoms with E-state index in [0.29, 0.717) is 6.61 Å². The molecule has 5 aromatic carbocycles. The SMILES string of the molecule is CCOC(=O)Cn1c2ccccc2c2cc[n+]3nc(-c4cccc5ccccc45)c(-c4cccc5ccccc45)cc3c21. The van der Waals surface area contributed by atoms with E-state index in [9.17, 15) is 4.79 Å². The highest BCUT2D eigenvalue weighted by molar-refractivity contribution is 6.13. The molecule has 0 aliphatic heterocycles. The molecule has 0 amide bonds. The van der Waals surface area contributed by atoms with Crippen LogP contribution in [0.3, 0.4) is 0 Å². The van der Waals surface area contributed by atoms with Crippen molar-refractivity contribution in [2.45, 2.75) is 13.5 Å². The molecule has 0 aliphatic rings. The van der Waals surface area contributed by atoms with Crippen molar-refractivity contribution in [2.24, 2.45) is 0 Å². The third-order valence-electron chi connectivity index (χ3n) is 8.34. The molecule has 0 spiro atoms. The van der Waals surface area contributed by atoms with E-state index in [1.165, 1.54) is 10.8 Å². The number of ether oxygens (including phenoxy) is 1. The summed E-state index contributed by atoms with van der Waals surface area (Å²) in [6.45, 7) is 2.29. The van der Waals surface area contributed by atoms with Crippen LogP contribution in [-0.2, 0) is 16.1 Å². The highest BCUT2D eigenvalue weighted by Crippen LogP contribution is 2.39. The number of carbonyl (C=O) groups is 1. The summed E-state index contributed by atoms with van der Waals surface area (Å²) in [6, 6.07) is 42.3. The summed E-state index contributed by atoms with van der Waals surface area (Å²) in [7, 11) is 0. The molecule has 8 rings (SSSR count). The molecule has 0 saturated carbocycles. The topological polar surface area (TPSA) is 48.2 Å². The van der Waals surface area contributed by atoms with Crippen molar-refractivity contribution in [3.8, 4) is 22.4 Å². The summed E-state index contributed by atoms with van der Waals surface area (Å²) in [4.78, 5) is 12.9. The van der Waals surface area contributed by atoms with E-state index in [2.05, 4.69) is 114 Å². The Labute approximate surface area is 248 Å². The minimum absolute atomic E-state index is 0.117. The minimum Gasteiger partial charge on any atom is -0.465 e.